The van der Waals surface area contributed by atoms with Crippen LogP contribution in [-0.4, -0.2) is 41.9 Å². The minimum absolute atomic E-state index is 0.0873. The molecule has 0 aliphatic carbocycles. The van der Waals surface area contributed by atoms with Gasteiger partial charge in [-0.05, 0) is 6.07 Å². The molecule has 2 aliphatic heterocycles. The molecule has 1 aromatic carbocycles. The van der Waals surface area contributed by atoms with Crippen LogP contribution in [0.4, 0.5) is 0 Å². The topological polar surface area (TPSA) is 76.3 Å². The molecule has 6 heteroatoms. The zero-order chi connectivity index (χ0) is 16.5. The molecule has 24 heavy (non-hydrogen) atoms. The number of hydrogen-bond acceptors (Lipinski definition) is 5. The van der Waals surface area contributed by atoms with Crippen molar-refractivity contribution in [3.05, 3.63) is 36.0 Å². The van der Waals surface area contributed by atoms with E-state index in [4.69, 9.17) is 14.7 Å². The van der Waals surface area contributed by atoms with Crippen molar-refractivity contribution < 1.29 is 14.3 Å². The number of hydrogen-bond donors (Lipinski definition) is 1. The minimum Gasteiger partial charge on any atom is -0.459 e. The molecule has 0 saturated carbocycles. The lowest BCUT2D eigenvalue weighted by Gasteiger charge is -2.39. The summed E-state index contributed by atoms with van der Waals surface area (Å²) < 4.78 is 13.1. The first-order valence-corrected chi connectivity index (χ1v) is 8.24. The van der Waals surface area contributed by atoms with Crippen molar-refractivity contribution >= 4 is 16.9 Å². The minimum atomic E-state index is -0.311. The number of piperidine rings is 1. The number of aromatic nitrogens is 1. The van der Waals surface area contributed by atoms with Gasteiger partial charge in [-0.2, -0.15) is 5.26 Å². The fraction of sp³-hybridized carbons (Fsp3) is 0.444. The van der Waals surface area contributed by atoms with Gasteiger partial charge in [-0.25, -0.2) is 4.79 Å². The predicted octanol–water partition coefficient (Wildman–Crippen LogP) is 1.84. The van der Waals surface area contributed by atoms with E-state index in [1.807, 2.05) is 24.3 Å². The SMILES string of the molecule is N#CCn1cc(C(=O)O[C@H]2C[C@H]3COC[C@@H](C2)N3)c2ccccc21. The number of esters is 1. The molecule has 3 atom stereocenters. The number of para-hydroxylation sites is 1. The molecule has 124 valence electrons. The van der Waals surface area contributed by atoms with E-state index in [0.717, 1.165) is 23.7 Å². The summed E-state index contributed by atoms with van der Waals surface area (Å²) in [6, 6.07) is 10.2. The third-order valence-corrected chi connectivity index (χ3v) is 4.73. The molecule has 4 rings (SSSR count). The maximum atomic E-state index is 12.7. The molecule has 2 saturated heterocycles. The molecule has 0 amide bonds. The molecule has 2 bridgehead atoms. The second-order valence-corrected chi connectivity index (χ2v) is 6.44. The summed E-state index contributed by atoms with van der Waals surface area (Å²) in [5.41, 5.74) is 1.40. The van der Waals surface area contributed by atoms with E-state index >= 15 is 0 Å². The van der Waals surface area contributed by atoms with Crippen LogP contribution in [-0.2, 0) is 16.0 Å². The highest BCUT2D eigenvalue weighted by molar-refractivity contribution is 6.04. The van der Waals surface area contributed by atoms with Crippen molar-refractivity contribution in [1.29, 1.82) is 5.26 Å². The van der Waals surface area contributed by atoms with E-state index in [0.29, 0.717) is 18.8 Å². The summed E-state index contributed by atoms with van der Waals surface area (Å²) in [5.74, 6) is -0.311. The quantitative estimate of drug-likeness (QED) is 0.872. The zero-order valence-electron chi connectivity index (χ0n) is 13.3. The van der Waals surface area contributed by atoms with E-state index in [2.05, 4.69) is 11.4 Å². The second kappa shape index (κ2) is 6.27. The summed E-state index contributed by atoms with van der Waals surface area (Å²) in [4.78, 5) is 12.7. The third kappa shape index (κ3) is 2.77. The molecule has 2 aliphatic rings. The Morgan fingerprint density at radius 2 is 2.08 bits per heavy atom. The van der Waals surface area contributed by atoms with Crippen molar-refractivity contribution in [2.75, 3.05) is 13.2 Å². The van der Waals surface area contributed by atoms with Gasteiger partial charge in [0.15, 0.2) is 0 Å². The van der Waals surface area contributed by atoms with Crippen LogP contribution >= 0.6 is 0 Å². The van der Waals surface area contributed by atoms with Gasteiger partial charge in [0.2, 0.25) is 0 Å². The van der Waals surface area contributed by atoms with Crippen LogP contribution in [0, 0.1) is 11.3 Å². The Kier molecular flexibility index (Phi) is 3.97. The number of nitrogens with zero attached hydrogens (tertiary/aromatic N) is 2. The summed E-state index contributed by atoms with van der Waals surface area (Å²) >= 11 is 0. The van der Waals surface area contributed by atoms with Crippen LogP contribution in [0.15, 0.2) is 30.5 Å². The summed E-state index contributed by atoms with van der Waals surface area (Å²) in [7, 11) is 0. The molecule has 2 fully saturated rings. The standard InChI is InChI=1S/C18H19N3O3/c19-5-6-21-9-16(15-3-1-2-4-17(15)21)18(22)24-14-7-12-10-23-11-13(8-14)20-12/h1-4,9,12-14,20H,6-8,10-11H2/t12-,13+,14-. The molecule has 1 aromatic heterocycles. The van der Waals surface area contributed by atoms with Crippen LogP contribution in [0.25, 0.3) is 10.9 Å². The van der Waals surface area contributed by atoms with E-state index in [9.17, 15) is 4.79 Å². The number of nitriles is 1. The summed E-state index contributed by atoms with van der Waals surface area (Å²) in [5, 5.41) is 13.3. The molecule has 0 radical (unpaired) electrons. The Balaban J connectivity index is 1.56. The Bertz CT molecular complexity index is 795. The van der Waals surface area contributed by atoms with E-state index in [-0.39, 0.29) is 30.7 Å². The molecule has 1 N–H and O–H groups in total. The second-order valence-electron chi connectivity index (χ2n) is 6.44. The lowest BCUT2D eigenvalue weighted by molar-refractivity contribution is -0.0339. The Morgan fingerprint density at radius 1 is 1.33 bits per heavy atom. The first-order valence-electron chi connectivity index (χ1n) is 8.24. The van der Waals surface area contributed by atoms with Gasteiger partial charge in [-0.15, -0.1) is 0 Å². The fourth-order valence-corrected chi connectivity index (χ4v) is 3.71. The van der Waals surface area contributed by atoms with E-state index < -0.39 is 0 Å². The zero-order valence-corrected chi connectivity index (χ0v) is 13.3. The van der Waals surface area contributed by atoms with Crippen LogP contribution in [0.5, 0.6) is 0 Å². The van der Waals surface area contributed by atoms with Gasteiger partial charge in [0, 0.05) is 42.0 Å². The number of benzene rings is 1. The van der Waals surface area contributed by atoms with Gasteiger partial charge in [0.25, 0.3) is 0 Å². The van der Waals surface area contributed by atoms with Crippen molar-refractivity contribution in [2.45, 2.75) is 37.6 Å². The third-order valence-electron chi connectivity index (χ3n) is 4.73. The average Bonchev–Trinajstić information content (AvgIpc) is 2.94. The van der Waals surface area contributed by atoms with Crippen LogP contribution in [0.1, 0.15) is 23.2 Å². The highest BCUT2D eigenvalue weighted by atomic mass is 16.5. The number of nitrogens with one attached hydrogen (secondary N) is 1. The van der Waals surface area contributed by atoms with Crippen molar-refractivity contribution in [3.63, 3.8) is 0 Å². The first-order chi connectivity index (χ1) is 11.7. The van der Waals surface area contributed by atoms with Crippen LogP contribution in [0.3, 0.4) is 0 Å². The molecule has 0 spiro atoms. The van der Waals surface area contributed by atoms with E-state index in [1.54, 1.807) is 10.8 Å². The smallest absolute Gasteiger partial charge is 0.340 e. The Labute approximate surface area is 140 Å². The highest BCUT2D eigenvalue weighted by Gasteiger charge is 2.34. The first kappa shape index (κ1) is 15.2. The van der Waals surface area contributed by atoms with Gasteiger partial charge in [-0.1, -0.05) is 18.2 Å². The average molecular weight is 325 g/mol. The molecule has 6 nitrogen and oxygen atoms in total. The lowest BCUT2D eigenvalue weighted by atomic mass is 9.94. The monoisotopic (exact) mass is 325 g/mol. The number of fused-ring (bicyclic) bond motifs is 3. The Morgan fingerprint density at radius 3 is 2.83 bits per heavy atom. The van der Waals surface area contributed by atoms with Crippen molar-refractivity contribution in [2.24, 2.45) is 0 Å². The van der Waals surface area contributed by atoms with E-state index in [1.165, 1.54) is 0 Å². The summed E-state index contributed by atoms with van der Waals surface area (Å²) in [6.07, 6.45) is 3.19. The number of rotatable bonds is 3. The lowest BCUT2D eigenvalue weighted by Crippen LogP contribution is -2.56. The fourth-order valence-electron chi connectivity index (χ4n) is 3.71. The molecular formula is C18H19N3O3. The van der Waals surface area contributed by atoms with Gasteiger partial charge in [0.05, 0.1) is 24.8 Å². The number of morpholine rings is 1. The molecule has 2 aromatic rings. The van der Waals surface area contributed by atoms with Gasteiger partial charge < -0.3 is 19.4 Å². The normalized spacial score (nSPS) is 26.0. The van der Waals surface area contributed by atoms with Crippen LogP contribution in [0.2, 0.25) is 0 Å². The number of ether oxygens (including phenoxy) is 2. The maximum Gasteiger partial charge on any atom is 0.340 e. The largest absolute Gasteiger partial charge is 0.459 e. The molecule has 3 heterocycles. The molecule has 0 unspecified atom stereocenters. The van der Waals surface area contributed by atoms with Gasteiger partial charge in [-0.3, -0.25) is 0 Å². The molecular weight excluding hydrogens is 306 g/mol. The van der Waals surface area contributed by atoms with Crippen molar-refractivity contribution in [1.82, 2.24) is 9.88 Å². The maximum absolute atomic E-state index is 12.7. The van der Waals surface area contributed by atoms with Crippen LogP contribution < -0.4 is 5.32 Å². The Hall–Kier alpha value is -2.36. The highest BCUT2D eigenvalue weighted by Crippen LogP contribution is 2.25. The van der Waals surface area contributed by atoms with Gasteiger partial charge >= 0.3 is 5.97 Å². The van der Waals surface area contributed by atoms with Gasteiger partial charge in [0.1, 0.15) is 12.6 Å². The predicted molar refractivity (Wildman–Crippen MR) is 87.5 cm³/mol. The number of carbonyl (C=O) groups excluding carboxylic acids is 1. The van der Waals surface area contributed by atoms with Crippen molar-refractivity contribution in [3.8, 4) is 6.07 Å². The number of carbonyl (C=O) groups is 1. The summed E-state index contributed by atoms with van der Waals surface area (Å²) in [6.45, 7) is 1.56.